The second kappa shape index (κ2) is 8.86. The molecule has 2 aromatic heterocycles. The molecule has 0 radical (unpaired) electrons. The number of nitrogens with zero attached hydrogens (tertiary/aromatic N) is 4. The van der Waals surface area contributed by atoms with Crippen molar-refractivity contribution in [3.63, 3.8) is 0 Å². The summed E-state index contributed by atoms with van der Waals surface area (Å²) in [6.45, 7) is 4.79. The molecule has 166 valence electrons. The molecule has 1 aliphatic heterocycles. The number of piperidine rings is 1. The minimum Gasteiger partial charge on any atom is -0.321 e. The highest BCUT2D eigenvalue weighted by Gasteiger charge is 2.26. The standard InChI is InChI=1S/C22H23N5O3S2/c1-15-14-27-20(16(2)24-22(27)31-15)11-17(13-23)21(28)25-18-7-6-8-19(12-18)32(29,30)26-9-4-3-5-10-26/h6-8,11-12,14H,3-5,9-10H2,1-2H3,(H,25,28)/b17-11+. The molecule has 1 fully saturated rings. The molecule has 0 aliphatic carbocycles. The van der Waals surface area contributed by atoms with Crippen molar-refractivity contribution in [2.75, 3.05) is 18.4 Å². The van der Waals surface area contributed by atoms with Crippen LogP contribution in [0.5, 0.6) is 0 Å². The van der Waals surface area contributed by atoms with Gasteiger partial charge < -0.3 is 5.32 Å². The molecule has 1 aliphatic rings. The van der Waals surface area contributed by atoms with Crippen LogP contribution >= 0.6 is 11.3 Å². The first-order chi connectivity index (χ1) is 15.3. The molecule has 0 atom stereocenters. The number of aryl methyl sites for hydroxylation is 2. The van der Waals surface area contributed by atoms with E-state index in [2.05, 4.69) is 10.3 Å². The van der Waals surface area contributed by atoms with E-state index in [4.69, 9.17) is 0 Å². The summed E-state index contributed by atoms with van der Waals surface area (Å²) in [7, 11) is -3.62. The number of nitrogens with one attached hydrogen (secondary N) is 1. The van der Waals surface area contributed by atoms with Crippen LogP contribution < -0.4 is 5.32 Å². The highest BCUT2D eigenvalue weighted by atomic mass is 32.2. The van der Waals surface area contributed by atoms with Crippen molar-refractivity contribution in [3.05, 3.63) is 52.3 Å². The summed E-state index contributed by atoms with van der Waals surface area (Å²) >= 11 is 1.53. The van der Waals surface area contributed by atoms with Crippen LogP contribution in [-0.2, 0) is 14.8 Å². The average Bonchev–Trinajstić information content (AvgIpc) is 3.27. The van der Waals surface area contributed by atoms with Crippen molar-refractivity contribution in [2.24, 2.45) is 0 Å². The Morgan fingerprint density at radius 3 is 2.72 bits per heavy atom. The minimum atomic E-state index is -3.62. The summed E-state index contributed by atoms with van der Waals surface area (Å²) in [6, 6.07) is 8.08. The molecule has 1 N–H and O–H groups in total. The van der Waals surface area contributed by atoms with Gasteiger partial charge in [-0.25, -0.2) is 13.4 Å². The summed E-state index contributed by atoms with van der Waals surface area (Å²) in [4.78, 5) is 19.3. The predicted octanol–water partition coefficient (Wildman–Crippen LogP) is 3.73. The molecule has 3 heterocycles. The predicted molar refractivity (Wildman–Crippen MR) is 124 cm³/mol. The number of fused-ring (bicyclic) bond motifs is 1. The Labute approximate surface area is 190 Å². The Hall–Kier alpha value is -3.00. The number of imidazole rings is 1. The van der Waals surface area contributed by atoms with Gasteiger partial charge in [0, 0.05) is 29.9 Å². The Balaban J connectivity index is 1.59. The number of hydrogen-bond donors (Lipinski definition) is 1. The Morgan fingerprint density at radius 1 is 1.25 bits per heavy atom. The largest absolute Gasteiger partial charge is 0.321 e. The van der Waals surface area contributed by atoms with E-state index < -0.39 is 15.9 Å². The highest BCUT2D eigenvalue weighted by molar-refractivity contribution is 7.89. The summed E-state index contributed by atoms with van der Waals surface area (Å²) in [6.07, 6.45) is 6.13. The molecule has 32 heavy (non-hydrogen) atoms. The van der Waals surface area contributed by atoms with Gasteiger partial charge in [-0.1, -0.05) is 12.5 Å². The molecule has 0 bridgehead atoms. The van der Waals surface area contributed by atoms with E-state index in [1.165, 1.54) is 33.9 Å². The maximum Gasteiger partial charge on any atom is 0.266 e. The van der Waals surface area contributed by atoms with E-state index in [0.717, 1.165) is 29.1 Å². The summed E-state index contributed by atoms with van der Waals surface area (Å²) in [5, 5.41) is 12.2. The number of aromatic nitrogens is 2. The fourth-order valence-corrected chi connectivity index (χ4v) is 6.17. The first-order valence-corrected chi connectivity index (χ1v) is 12.5. The average molecular weight is 470 g/mol. The third-order valence-corrected chi connectivity index (χ3v) is 8.15. The quantitative estimate of drug-likeness (QED) is 0.452. The molecule has 0 unspecified atom stereocenters. The number of sulfonamides is 1. The summed E-state index contributed by atoms with van der Waals surface area (Å²) < 4.78 is 29.2. The van der Waals surface area contributed by atoms with Gasteiger partial charge in [0.2, 0.25) is 10.0 Å². The topological polar surface area (TPSA) is 108 Å². The van der Waals surface area contributed by atoms with Crippen LogP contribution in [0.15, 0.2) is 40.9 Å². The first-order valence-electron chi connectivity index (χ1n) is 10.3. The van der Waals surface area contributed by atoms with Gasteiger partial charge in [-0.05, 0) is 51.0 Å². The lowest BCUT2D eigenvalue weighted by atomic mass is 10.2. The van der Waals surface area contributed by atoms with Gasteiger partial charge in [-0.15, -0.1) is 11.3 Å². The van der Waals surface area contributed by atoms with Crippen LogP contribution in [0.3, 0.4) is 0 Å². The van der Waals surface area contributed by atoms with Crippen molar-refractivity contribution in [2.45, 2.75) is 38.0 Å². The lowest BCUT2D eigenvalue weighted by Gasteiger charge is -2.26. The molecule has 4 rings (SSSR count). The molecular weight excluding hydrogens is 446 g/mol. The number of anilines is 1. The molecule has 0 saturated carbocycles. The van der Waals surface area contributed by atoms with Crippen LogP contribution in [0, 0.1) is 25.2 Å². The number of hydrogen-bond acceptors (Lipinski definition) is 6. The number of thiazole rings is 1. The minimum absolute atomic E-state index is 0.0944. The van der Waals surface area contributed by atoms with E-state index in [-0.39, 0.29) is 10.5 Å². The van der Waals surface area contributed by atoms with Gasteiger partial charge in [0.25, 0.3) is 5.91 Å². The third-order valence-electron chi connectivity index (χ3n) is 5.35. The van der Waals surface area contributed by atoms with E-state index in [0.29, 0.717) is 30.2 Å². The molecule has 1 saturated heterocycles. The number of nitriles is 1. The zero-order chi connectivity index (χ0) is 22.9. The number of rotatable bonds is 5. The second-order valence-electron chi connectivity index (χ2n) is 7.69. The van der Waals surface area contributed by atoms with Crippen LogP contribution in [0.25, 0.3) is 11.0 Å². The van der Waals surface area contributed by atoms with Gasteiger partial charge in [-0.2, -0.15) is 9.57 Å². The van der Waals surface area contributed by atoms with Gasteiger partial charge in [0.15, 0.2) is 4.96 Å². The third kappa shape index (κ3) is 4.32. The van der Waals surface area contributed by atoms with Crippen LogP contribution in [0.1, 0.15) is 35.5 Å². The van der Waals surface area contributed by atoms with E-state index in [1.54, 1.807) is 12.1 Å². The van der Waals surface area contributed by atoms with E-state index in [9.17, 15) is 18.5 Å². The maximum absolute atomic E-state index is 12.9. The molecule has 8 nitrogen and oxygen atoms in total. The van der Waals surface area contributed by atoms with Gasteiger partial charge >= 0.3 is 0 Å². The van der Waals surface area contributed by atoms with Crippen LogP contribution in [0.4, 0.5) is 5.69 Å². The summed E-state index contributed by atoms with van der Waals surface area (Å²) in [5.41, 5.74) is 1.60. The first kappa shape index (κ1) is 22.2. The van der Waals surface area contributed by atoms with Crippen molar-refractivity contribution in [3.8, 4) is 6.07 Å². The van der Waals surface area contributed by atoms with Crippen molar-refractivity contribution in [1.82, 2.24) is 13.7 Å². The number of benzene rings is 1. The number of carbonyl (C=O) groups excluding carboxylic acids is 1. The fourth-order valence-electron chi connectivity index (χ4n) is 3.73. The number of amides is 1. The Kier molecular flexibility index (Phi) is 6.15. The maximum atomic E-state index is 12.9. The molecule has 1 aromatic carbocycles. The van der Waals surface area contributed by atoms with E-state index in [1.807, 2.05) is 30.5 Å². The van der Waals surface area contributed by atoms with E-state index >= 15 is 0 Å². The smallest absolute Gasteiger partial charge is 0.266 e. The van der Waals surface area contributed by atoms with Gasteiger partial charge in [-0.3, -0.25) is 9.20 Å². The van der Waals surface area contributed by atoms with Gasteiger partial charge in [0.1, 0.15) is 11.6 Å². The van der Waals surface area contributed by atoms with Gasteiger partial charge in [0.05, 0.1) is 16.3 Å². The SMILES string of the molecule is Cc1cn2c(/C=C(\C#N)C(=O)Nc3cccc(S(=O)(=O)N4CCCCC4)c3)c(C)nc2s1. The molecule has 3 aromatic rings. The van der Waals surface area contributed by atoms with Crippen molar-refractivity contribution < 1.29 is 13.2 Å². The monoisotopic (exact) mass is 469 g/mol. The van der Waals surface area contributed by atoms with Crippen LogP contribution in [0.2, 0.25) is 0 Å². The number of carbonyl (C=O) groups is 1. The zero-order valence-corrected chi connectivity index (χ0v) is 19.5. The molecule has 0 spiro atoms. The fraction of sp³-hybridized carbons (Fsp3) is 0.318. The Bertz CT molecular complexity index is 1360. The lowest BCUT2D eigenvalue weighted by molar-refractivity contribution is -0.112. The summed E-state index contributed by atoms with van der Waals surface area (Å²) in [5.74, 6) is -0.610. The highest BCUT2D eigenvalue weighted by Crippen LogP contribution is 2.25. The molecule has 10 heteroatoms. The van der Waals surface area contributed by atoms with Crippen molar-refractivity contribution >= 4 is 44.0 Å². The molecule has 1 amide bonds. The zero-order valence-electron chi connectivity index (χ0n) is 17.8. The molecular formula is C22H23N5O3S2. The Morgan fingerprint density at radius 2 is 2.00 bits per heavy atom. The normalized spacial score (nSPS) is 15.6. The van der Waals surface area contributed by atoms with Crippen molar-refractivity contribution in [1.29, 1.82) is 5.26 Å². The second-order valence-corrected chi connectivity index (χ2v) is 10.8. The van der Waals surface area contributed by atoms with Crippen LogP contribution in [-0.4, -0.2) is 41.1 Å². The lowest BCUT2D eigenvalue weighted by Crippen LogP contribution is -2.35.